The van der Waals surface area contributed by atoms with Gasteiger partial charge in [0, 0.05) is 19.3 Å². The third kappa shape index (κ3) is 9.22. The van der Waals surface area contributed by atoms with E-state index in [-0.39, 0.29) is 24.1 Å². The summed E-state index contributed by atoms with van der Waals surface area (Å²) < 4.78 is 41.4. The Morgan fingerprint density at radius 3 is 2.64 bits per heavy atom. The lowest BCUT2D eigenvalue weighted by Gasteiger charge is -2.28. The van der Waals surface area contributed by atoms with Crippen molar-refractivity contribution in [3.05, 3.63) is 0 Å². The van der Waals surface area contributed by atoms with Gasteiger partial charge in [0.1, 0.15) is 5.60 Å². The number of hydrogen-bond donors (Lipinski definition) is 2. The van der Waals surface area contributed by atoms with Gasteiger partial charge in [-0.05, 0) is 52.4 Å². The smallest absolute Gasteiger partial charge is 0.407 e. The maximum atomic E-state index is 11.9. The molecule has 0 saturated carbocycles. The zero-order chi connectivity index (χ0) is 16.8. The van der Waals surface area contributed by atoms with Crippen LogP contribution in [-0.4, -0.2) is 49.7 Å². The fourth-order valence-electron chi connectivity index (χ4n) is 2.41. The summed E-state index contributed by atoms with van der Waals surface area (Å²) in [4.78, 5) is 11.9. The van der Waals surface area contributed by atoms with Crippen molar-refractivity contribution in [2.24, 2.45) is 5.92 Å². The van der Waals surface area contributed by atoms with Crippen molar-refractivity contribution >= 4 is 16.2 Å². The Morgan fingerprint density at radius 2 is 2.14 bits per heavy atom. The average molecular weight is 337 g/mol. The van der Waals surface area contributed by atoms with E-state index in [9.17, 15) is 13.2 Å². The van der Waals surface area contributed by atoms with Crippen LogP contribution >= 0.6 is 0 Å². The first kappa shape index (κ1) is 19.2. The Morgan fingerprint density at radius 1 is 1.45 bits per heavy atom. The molecule has 130 valence electrons. The van der Waals surface area contributed by atoms with Crippen molar-refractivity contribution in [3.63, 3.8) is 0 Å². The summed E-state index contributed by atoms with van der Waals surface area (Å²) in [5.74, 6) is -0.115. The van der Waals surface area contributed by atoms with Crippen molar-refractivity contribution in [1.82, 2.24) is 5.32 Å². The molecule has 0 aromatic rings. The number of carbonyl (C=O) groups excluding carboxylic acids is 1. The second-order valence-electron chi connectivity index (χ2n) is 6.74. The van der Waals surface area contributed by atoms with Gasteiger partial charge in [0.15, 0.2) is 0 Å². The van der Waals surface area contributed by atoms with Crippen molar-refractivity contribution in [1.29, 1.82) is 0 Å². The van der Waals surface area contributed by atoms with Crippen LogP contribution in [0.25, 0.3) is 0 Å². The number of carbonyl (C=O) groups is 1. The molecule has 1 amide bonds. The monoisotopic (exact) mass is 337 g/mol. The van der Waals surface area contributed by atoms with Gasteiger partial charge in [-0.15, -0.1) is 0 Å². The molecule has 0 bridgehead atoms. The minimum Gasteiger partial charge on any atom is -0.444 e. The standard InChI is InChI=1S/C14H27NO6S/c1-14(2,3)21-13(16)15-12(6-8-22(17,18)19)9-11-5-4-7-20-10-11/h11-12H,4-10H2,1-3H3,(H,15,16)(H,17,18,19)/t11-,12-/m1/s1. The molecule has 8 heteroatoms. The maximum absolute atomic E-state index is 11.9. The van der Waals surface area contributed by atoms with Crippen LogP contribution in [0.5, 0.6) is 0 Å². The zero-order valence-corrected chi connectivity index (χ0v) is 14.3. The molecule has 0 unspecified atom stereocenters. The third-order valence-electron chi connectivity index (χ3n) is 3.32. The fraction of sp³-hybridized carbons (Fsp3) is 0.929. The highest BCUT2D eigenvalue weighted by atomic mass is 32.2. The van der Waals surface area contributed by atoms with Gasteiger partial charge < -0.3 is 14.8 Å². The molecule has 1 saturated heterocycles. The predicted molar refractivity (Wildman–Crippen MR) is 82.4 cm³/mol. The van der Waals surface area contributed by atoms with Gasteiger partial charge in [-0.1, -0.05) is 0 Å². The number of amides is 1. The first-order valence-corrected chi connectivity index (χ1v) is 9.18. The van der Waals surface area contributed by atoms with E-state index in [1.54, 1.807) is 20.8 Å². The third-order valence-corrected chi connectivity index (χ3v) is 4.07. The minimum atomic E-state index is -4.05. The van der Waals surface area contributed by atoms with E-state index < -0.39 is 21.8 Å². The van der Waals surface area contributed by atoms with Crippen molar-refractivity contribution in [3.8, 4) is 0 Å². The van der Waals surface area contributed by atoms with E-state index in [4.69, 9.17) is 14.0 Å². The molecule has 22 heavy (non-hydrogen) atoms. The van der Waals surface area contributed by atoms with Gasteiger partial charge in [-0.25, -0.2) is 4.79 Å². The highest BCUT2D eigenvalue weighted by Gasteiger charge is 2.24. The molecule has 0 aliphatic carbocycles. The molecule has 1 aliphatic heterocycles. The molecule has 2 atom stereocenters. The summed E-state index contributed by atoms with van der Waals surface area (Å²) in [6.07, 6.45) is 2.12. The van der Waals surface area contributed by atoms with Crippen LogP contribution < -0.4 is 5.32 Å². The SMILES string of the molecule is CC(C)(C)OC(=O)N[C@H](CCS(=O)(=O)O)C[C@H]1CCCOC1. The van der Waals surface area contributed by atoms with Crippen molar-refractivity contribution in [2.45, 2.75) is 58.1 Å². The first-order chi connectivity index (χ1) is 10.1. The average Bonchev–Trinajstić information content (AvgIpc) is 2.34. The minimum absolute atomic E-state index is 0.147. The van der Waals surface area contributed by atoms with Gasteiger partial charge in [0.25, 0.3) is 10.1 Å². The van der Waals surface area contributed by atoms with Crippen LogP contribution in [0.4, 0.5) is 4.79 Å². The van der Waals surface area contributed by atoms with Crippen molar-refractivity contribution in [2.75, 3.05) is 19.0 Å². The summed E-state index contributed by atoms with van der Waals surface area (Å²) >= 11 is 0. The van der Waals surface area contributed by atoms with Crippen LogP contribution in [0.1, 0.15) is 46.5 Å². The molecule has 1 rings (SSSR count). The van der Waals surface area contributed by atoms with Gasteiger partial charge in [-0.2, -0.15) is 8.42 Å². The number of ether oxygens (including phenoxy) is 2. The molecular weight excluding hydrogens is 310 g/mol. The number of nitrogens with one attached hydrogen (secondary N) is 1. The molecule has 1 aliphatic rings. The Kier molecular flexibility index (Phi) is 7.08. The van der Waals surface area contributed by atoms with E-state index >= 15 is 0 Å². The fourth-order valence-corrected chi connectivity index (χ4v) is 2.99. The lowest BCUT2D eigenvalue weighted by molar-refractivity contribution is 0.0385. The second-order valence-corrected chi connectivity index (χ2v) is 8.31. The van der Waals surface area contributed by atoms with E-state index in [2.05, 4.69) is 5.32 Å². The molecule has 7 nitrogen and oxygen atoms in total. The summed E-state index contributed by atoms with van der Waals surface area (Å²) in [5, 5.41) is 2.70. The van der Waals surface area contributed by atoms with Crippen LogP contribution in [0, 0.1) is 5.92 Å². The quantitative estimate of drug-likeness (QED) is 0.719. The summed E-state index contributed by atoms with van der Waals surface area (Å²) in [5.41, 5.74) is -0.619. The van der Waals surface area contributed by atoms with Crippen LogP contribution in [0.3, 0.4) is 0 Å². The van der Waals surface area contributed by atoms with Gasteiger partial charge >= 0.3 is 6.09 Å². The molecule has 1 heterocycles. The Labute approximate surface area is 132 Å². The topological polar surface area (TPSA) is 102 Å². The Bertz CT molecular complexity index is 450. The van der Waals surface area contributed by atoms with Gasteiger partial charge in [-0.3, -0.25) is 4.55 Å². The molecule has 2 N–H and O–H groups in total. The molecule has 0 radical (unpaired) electrons. The Hall–Kier alpha value is -0.860. The van der Waals surface area contributed by atoms with Gasteiger partial charge in [0.05, 0.1) is 5.75 Å². The summed E-state index contributed by atoms with van der Waals surface area (Å²) in [6.45, 7) is 6.63. The molecule has 0 aromatic heterocycles. The number of hydrogen-bond acceptors (Lipinski definition) is 5. The maximum Gasteiger partial charge on any atom is 0.407 e. The van der Waals surface area contributed by atoms with E-state index in [1.807, 2.05) is 0 Å². The summed E-state index contributed by atoms with van der Waals surface area (Å²) in [7, 11) is -4.05. The van der Waals surface area contributed by atoms with Crippen LogP contribution in [0.2, 0.25) is 0 Å². The van der Waals surface area contributed by atoms with E-state index in [1.165, 1.54) is 0 Å². The normalized spacial score (nSPS) is 21.2. The highest BCUT2D eigenvalue weighted by molar-refractivity contribution is 7.85. The molecular formula is C14H27NO6S. The highest BCUT2D eigenvalue weighted by Crippen LogP contribution is 2.20. The molecule has 0 spiro atoms. The predicted octanol–water partition coefficient (Wildman–Crippen LogP) is 1.97. The van der Waals surface area contributed by atoms with E-state index in [0.717, 1.165) is 19.4 Å². The molecule has 0 aromatic carbocycles. The molecule has 1 fully saturated rings. The number of rotatable bonds is 6. The first-order valence-electron chi connectivity index (χ1n) is 7.57. The zero-order valence-electron chi connectivity index (χ0n) is 13.5. The van der Waals surface area contributed by atoms with Crippen LogP contribution in [0.15, 0.2) is 0 Å². The van der Waals surface area contributed by atoms with Crippen molar-refractivity contribution < 1.29 is 27.2 Å². The summed E-state index contributed by atoms with van der Waals surface area (Å²) in [6, 6.07) is -0.372. The second kappa shape index (κ2) is 8.12. The lowest BCUT2D eigenvalue weighted by Crippen LogP contribution is -2.41. The van der Waals surface area contributed by atoms with Crippen LogP contribution in [-0.2, 0) is 19.6 Å². The Balaban J connectivity index is 2.57. The van der Waals surface area contributed by atoms with Gasteiger partial charge in [0.2, 0.25) is 0 Å². The van der Waals surface area contributed by atoms with E-state index in [0.29, 0.717) is 13.0 Å². The lowest BCUT2D eigenvalue weighted by atomic mass is 9.93. The largest absolute Gasteiger partial charge is 0.444 e. The number of alkyl carbamates (subject to hydrolysis) is 1.